The maximum Gasteiger partial charge on any atom is 0.303 e. The average Bonchev–Trinajstić information content (AvgIpc) is 2.48. The maximum absolute atomic E-state index is 11.8. The van der Waals surface area contributed by atoms with Crippen LogP contribution in [0.4, 0.5) is 0 Å². The van der Waals surface area contributed by atoms with Crippen molar-refractivity contribution in [1.29, 1.82) is 0 Å². The molecule has 0 saturated heterocycles. The van der Waals surface area contributed by atoms with E-state index in [0.29, 0.717) is 31.0 Å². The second-order valence-corrected chi connectivity index (χ2v) is 6.69. The Hall–Kier alpha value is -0.860. The van der Waals surface area contributed by atoms with Gasteiger partial charge in [-0.2, -0.15) is 0 Å². The zero-order chi connectivity index (χ0) is 16.6. The second-order valence-electron chi connectivity index (χ2n) is 6.69. The lowest BCUT2D eigenvalue weighted by Crippen LogP contribution is -2.03. The maximum atomic E-state index is 11.8. The smallest absolute Gasteiger partial charge is 0.303 e. The summed E-state index contributed by atoms with van der Waals surface area (Å²) in [5.74, 6) is 0.266. The number of aliphatic carboxylic acids is 1. The number of Topliss-reactive ketones (excluding diaryl/α,β-unsaturated/α-hetero) is 1. The molecule has 0 aliphatic heterocycles. The Bertz CT molecular complexity index is 286. The molecule has 3 heteroatoms. The van der Waals surface area contributed by atoms with Crippen molar-refractivity contribution in [3.05, 3.63) is 0 Å². The van der Waals surface area contributed by atoms with Crippen molar-refractivity contribution in [2.24, 2.45) is 5.92 Å². The van der Waals surface area contributed by atoms with E-state index in [1.807, 2.05) is 0 Å². The number of ketones is 1. The molecule has 0 unspecified atom stereocenters. The van der Waals surface area contributed by atoms with Crippen molar-refractivity contribution < 1.29 is 14.7 Å². The first-order chi connectivity index (χ1) is 10.6. The predicted octanol–water partition coefficient (Wildman–Crippen LogP) is 5.76. The van der Waals surface area contributed by atoms with E-state index < -0.39 is 5.97 Å². The minimum Gasteiger partial charge on any atom is -0.481 e. The molecular weight excluding hydrogens is 276 g/mol. The highest BCUT2D eigenvalue weighted by molar-refractivity contribution is 5.78. The SMILES string of the molecule is CCCCCCCC[C@@H](C)CCC(=O)CCCCCC(=O)O. The Labute approximate surface area is 136 Å². The molecule has 3 nitrogen and oxygen atoms in total. The Morgan fingerprint density at radius 3 is 2.05 bits per heavy atom. The second kappa shape index (κ2) is 15.1. The van der Waals surface area contributed by atoms with Crippen LogP contribution in [0.3, 0.4) is 0 Å². The number of hydrogen-bond acceptors (Lipinski definition) is 2. The fourth-order valence-electron chi connectivity index (χ4n) is 2.73. The van der Waals surface area contributed by atoms with Gasteiger partial charge in [0.15, 0.2) is 0 Å². The molecule has 1 N–H and O–H groups in total. The topological polar surface area (TPSA) is 54.4 Å². The van der Waals surface area contributed by atoms with Gasteiger partial charge >= 0.3 is 5.97 Å². The fraction of sp³-hybridized carbons (Fsp3) is 0.895. The molecule has 0 amide bonds. The molecule has 130 valence electrons. The summed E-state index contributed by atoms with van der Waals surface area (Å²) in [7, 11) is 0. The predicted molar refractivity (Wildman–Crippen MR) is 92.1 cm³/mol. The molecule has 0 aromatic rings. The van der Waals surface area contributed by atoms with Gasteiger partial charge < -0.3 is 5.11 Å². The Morgan fingerprint density at radius 1 is 0.773 bits per heavy atom. The Balaban J connectivity index is 3.39. The standard InChI is InChI=1S/C19H36O3/c1-3-4-5-6-7-9-12-17(2)15-16-18(20)13-10-8-11-14-19(21)22/h17H,3-16H2,1-2H3,(H,21,22)/t17-/m1/s1. The first-order valence-electron chi connectivity index (χ1n) is 9.29. The zero-order valence-corrected chi connectivity index (χ0v) is 14.7. The third-order valence-electron chi connectivity index (χ3n) is 4.31. The van der Waals surface area contributed by atoms with E-state index >= 15 is 0 Å². The Kier molecular flexibility index (Phi) is 14.5. The molecule has 1 atom stereocenters. The van der Waals surface area contributed by atoms with Crippen LogP contribution in [0.15, 0.2) is 0 Å². The first kappa shape index (κ1) is 21.1. The van der Waals surface area contributed by atoms with Gasteiger partial charge in [-0.25, -0.2) is 0 Å². The van der Waals surface area contributed by atoms with Crippen LogP contribution in [-0.2, 0) is 9.59 Å². The normalized spacial score (nSPS) is 12.3. The van der Waals surface area contributed by atoms with Crippen molar-refractivity contribution in [2.75, 3.05) is 0 Å². The van der Waals surface area contributed by atoms with Crippen molar-refractivity contribution in [2.45, 2.75) is 104 Å². The van der Waals surface area contributed by atoms with Gasteiger partial charge in [0.05, 0.1) is 0 Å². The van der Waals surface area contributed by atoms with Crippen LogP contribution in [0.5, 0.6) is 0 Å². The van der Waals surface area contributed by atoms with Crippen LogP contribution in [-0.4, -0.2) is 16.9 Å². The van der Waals surface area contributed by atoms with E-state index in [4.69, 9.17) is 5.11 Å². The summed E-state index contributed by atoms with van der Waals surface area (Å²) in [4.78, 5) is 22.1. The molecule has 0 aromatic heterocycles. The van der Waals surface area contributed by atoms with E-state index in [-0.39, 0.29) is 6.42 Å². The van der Waals surface area contributed by atoms with Crippen LogP contribution < -0.4 is 0 Å². The number of unbranched alkanes of at least 4 members (excludes halogenated alkanes) is 7. The van der Waals surface area contributed by atoms with Crippen LogP contribution in [0, 0.1) is 5.92 Å². The summed E-state index contributed by atoms with van der Waals surface area (Å²) in [6.45, 7) is 4.50. The van der Waals surface area contributed by atoms with Crippen molar-refractivity contribution in [3.8, 4) is 0 Å². The third-order valence-corrected chi connectivity index (χ3v) is 4.31. The summed E-state index contributed by atoms with van der Waals surface area (Å²) in [6, 6.07) is 0. The van der Waals surface area contributed by atoms with Gasteiger partial charge in [-0.3, -0.25) is 9.59 Å². The van der Waals surface area contributed by atoms with Crippen LogP contribution >= 0.6 is 0 Å². The highest BCUT2D eigenvalue weighted by Gasteiger charge is 2.07. The Morgan fingerprint density at radius 2 is 1.36 bits per heavy atom. The fourth-order valence-corrected chi connectivity index (χ4v) is 2.73. The molecule has 0 rings (SSSR count). The van der Waals surface area contributed by atoms with Crippen molar-refractivity contribution in [1.82, 2.24) is 0 Å². The summed E-state index contributed by atoms with van der Waals surface area (Å²) in [5.41, 5.74) is 0. The monoisotopic (exact) mass is 312 g/mol. The average molecular weight is 312 g/mol. The van der Waals surface area contributed by atoms with Crippen molar-refractivity contribution >= 4 is 11.8 Å². The van der Waals surface area contributed by atoms with E-state index in [0.717, 1.165) is 19.3 Å². The van der Waals surface area contributed by atoms with Gasteiger partial charge in [-0.15, -0.1) is 0 Å². The highest BCUT2D eigenvalue weighted by atomic mass is 16.4. The van der Waals surface area contributed by atoms with Crippen LogP contribution in [0.25, 0.3) is 0 Å². The lowest BCUT2D eigenvalue weighted by Gasteiger charge is -2.10. The summed E-state index contributed by atoms with van der Waals surface area (Å²) in [5, 5.41) is 8.53. The molecule has 0 aromatic carbocycles. The molecule has 0 radical (unpaired) electrons. The minimum atomic E-state index is -0.741. The number of carboxylic acids is 1. The molecule has 0 saturated carbocycles. The number of carbonyl (C=O) groups excluding carboxylic acids is 1. The first-order valence-corrected chi connectivity index (χ1v) is 9.29. The van der Waals surface area contributed by atoms with Gasteiger partial charge in [-0.1, -0.05) is 65.2 Å². The number of carboxylic acid groups (broad SMARTS) is 1. The summed E-state index contributed by atoms with van der Waals surface area (Å²) < 4.78 is 0. The third kappa shape index (κ3) is 15.5. The molecule has 22 heavy (non-hydrogen) atoms. The molecule has 0 bridgehead atoms. The molecule has 0 fully saturated rings. The molecule has 0 heterocycles. The van der Waals surface area contributed by atoms with Gasteiger partial charge in [0.2, 0.25) is 0 Å². The van der Waals surface area contributed by atoms with E-state index in [9.17, 15) is 9.59 Å². The lowest BCUT2D eigenvalue weighted by atomic mass is 9.95. The number of hydrogen-bond donors (Lipinski definition) is 1. The summed E-state index contributed by atoms with van der Waals surface area (Å²) in [6.07, 6.45) is 14.2. The molecule has 0 aliphatic carbocycles. The van der Waals surface area contributed by atoms with Crippen LogP contribution in [0.2, 0.25) is 0 Å². The molecule has 0 spiro atoms. The number of carbonyl (C=O) groups is 2. The lowest BCUT2D eigenvalue weighted by molar-refractivity contribution is -0.137. The number of rotatable bonds is 16. The van der Waals surface area contributed by atoms with Crippen LogP contribution in [0.1, 0.15) is 104 Å². The largest absolute Gasteiger partial charge is 0.481 e. The van der Waals surface area contributed by atoms with Gasteiger partial charge in [0.1, 0.15) is 5.78 Å². The highest BCUT2D eigenvalue weighted by Crippen LogP contribution is 2.17. The van der Waals surface area contributed by atoms with E-state index in [1.54, 1.807) is 0 Å². The minimum absolute atomic E-state index is 0.226. The van der Waals surface area contributed by atoms with E-state index in [2.05, 4.69) is 13.8 Å². The molecular formula is C19H36O3. The van der Waals surface area contributed by atoms with Gasteiger partial charge in [0.25, 0.3) is 0 Å². The zero-order valence-electron chi connectivity index (χ0n) is 14.7. The van der Waals surface area contributed by atoms with E-state index in [1.165, 1.54) is 44.9 Å². The van der Waals surface area contributed by atoms with Gasteiger partial charge in [-0.05, 0) is 25.2 Å². The summed E-state index contributed by atoms with van der Waals surface area (Å²) >= 11 is 0. The quantitative estimate of drug-likeness (QED) is 0.369. The van der Waals surface area contributed by atoms with Crippen molar-refractivity contribution in [3.63, 3.8) is 0 Å². The van der Waals surface area contributed by atoms with Gasteiger partial charge in [0, 0.05) is 19.3 Å². The molecule has 0 aliphatic rings.